The maximum Gasteiger partial charge on any atom is 0.310 e. The van der Waals surface area contributed by atoms with E-state index in [-0.39, 0.29) is 25.7 Å². The summed E-state index contributed by atoms with van der Waals surface area (Å²) in [5.74, 6) is -2.97. The number of esters is 4. The molecule has 0 saturated carbocycles. The Morgan fingerprint density at radius 2 is 0.788 bits per heavy atom. The van der Waals surface area contributed by atoms with Gasteiger partial charge in [0, 0.05) is 0 Å². The van der Waals surface area contributed by atoms with Crippen molar-refractivity contribution in [1.29, 1.82) is 0 Å². The third-order valence-corrected chi connectivity index (χ3v) is 8.66. The summed E-state index contributed by atoms with van der Waals surface area (Å²) >= 11 is 0. The van der Waals surface area contributed by atoms with Crippen LogP contribution in [-0.2, 0) is 68.5 Å². The van der Waals surface area contributed by atoms with Crippen LogP contribution in [0.15, 0.2) is 97.1 Å². The molecule has 0 radical (unpaired) electrons. The number of hydrogen-bond acceptors (Lipinski definition) is 9. The topological polar surface area (TPSA) is 114 Å². The van der Waals surface area contributed by atoms with E-state index in [2.05, 4.69) is 0 Å². The van der Waals surface area contributed by atoms with Gasteiger partial charge in [-0.15, -0.1) is 0 Å². The number of carbonyl (C=O) groups excluding carboxylic acids is 4. The van der Waals surface area contributed by atoms with Crippen LogP contribution in [0.5, 0.6) is 0 Å². The molecule has 1 fully saturated rings. The monoisotopic (exact) mass is 710 g/mol. The summed E-state index contributed by atoms with van der Waals surface area (Å²) in [4.78, 5) is 52.9. The van der Waals surface area contributed by atoms with E-state index < -0.39 is 61.3 Å². The minimum Gasteiger partial charge on any atom is -0.463 e. The van der Waals surface area contributed by atoms with E-state index in [0.717, 1.165) is 22.3 Å². The molecule has 1 heterocycles. The molecule has 1 saturated heterocycles. The Labute approximate surface area is 303 Å². The molecule has 0 unspecified atom stereocenters. The van der Waals surface area contributed by atoms with Gasteiger partial charge in [-0.05, 0) is 49.9 Å². The van der Waals surface area contributed by atoms with Gasteiger partial charge < -0.3 is 23.7 Å². The summed E-state index contributed by atoms with van der Waals surface area (Å²) in [5, 5.41) is 0. The number of benzene rings is 4. The van der Waals surface area contributed by atoms with Crippen LogP contribution in [0.4, 0.5) is 4.39 Å². The minimum atomic E-state index is -2.33. The van der Waals surface area contributed by atoms with E-state index in [9.17, 15) is 19.2 Å². The van der Waals surface area contributed by atoms with E-state index in [1.807, 2.05) is 76.2 Å². The van der Waals surface area contributed by atoms with Crippen LogP contribution in [0.2, 0.25) is 0 Å². The number of alkyl halides is 1. The summed E-state index contributed by atoms with van der Waals surface area (Å²) in [6.45, 7) is 7.11. The summed E-state index contributed by atoms with van der Waals surface area (Å²) in [6.07, 6.45) is -9.35. The first-order valence-corrected chi connectivity index (χ1v) is 17.2. The Hall–Kier alpha value is -5.35. The molecular weight excluding hydrogens is 667 g/mol. The molecule has 9 nitrogen and oxygen atoms in total. The van der Waals surface area contributed by atoms with Crippen LogP contribution in [0, 0.1) is 27.7 Å². The van der Waals surface area contributed by atoms with Gasteiger partial charge in [-0.1, -0.05) is 119 Å². The van der Waals surface area contributed by atoms with Gasteiger partial charge in [0.25, 0.3) is 0 Å². The van der Waals surface area contributed by atoms with Crippen molar-refractivity contribution in [2.75, 3.05) is 6.61 Å². The Bertz CT molecular complexity index is 1820. The van der Waals surface area contributed by atoms with Gasteiger partial charge in [-0.3, -0.25) is 19.2 Å². The maximum atomic E-state index is 16.1. The second kappa shape index (κ2) is 17.7. The highest BCUT2D eigenvalue weighted by molar-refractivity contribution is 5.75. The highest BCUT2D eigenvalue weighted by Crippen LogP contribution is 2.31. The van der Waals surface area contributed by atoms with E-state index in [1.54, 1.807) is 48.5 Å². The largest absolute Gasteiger partial charge is 0.463 e. The molecule has 4 aromatic carbocycles. The minimum absolute atomic E-state index is 0.0713. The highest BCUT2D eigenvalue weighted by atomic mass is 19.1. The zero-order valence-corrected chi connectivity index (χ0v) is 29.7. The molecule has 5 rings (SSSR count). The van der Waals surface area contributed by atoms with Gasteiger partial charge >= 0.3 is 23.9 Å². The fourth-order valence-electron chi connectivity index (χ4n) is 5.70. The van der Waals surface area contributed by atoms with Crippen molar-refractivity contribution < 1.29 is 47.3 Å². The Kier molecular flexibility index (Phi) is 12.9. The van der Waals surface area contributed by atoms with Crippen LogP contribution in [-0.4, -0.2) is 61.3 Å². The molecule has 1 aliphatic rings. The average Bonchev–Trinajstić information content (AvgIpc) is 3.11. The van der Waals surface area contributed by atoms with Crippen molar-refractivity contribution in [2.24, 2.45) is 0 Å². The smallest absolute Gasteiger partial charge is 0.310 e. The van der Waals surface area contributed by atoms with Crippen molar-refractivity contribution in [3.05, 3.63) is 142 Å². The average molecular weight is 711 g/mol. The quantitative estimate of drug-likeness (QED) is 0.119. The molecule has 0 amide bonds. The van der Waals surface area contributed by atoms with E-state index in [4.69, 9.17) is 23.7 Å². The summed E-state index contributed by atoms with van der Waals surface area (Å²) in [6, 6.07) is 28.9. The first-order valence-electron chi connectivity index (χ1n) is 17.2. The Morgan fingerprint density at radius 1 is 0.481 bits per heavy atom. The van der Waals surface area contributed by atoms with Gasteiger partial charge in [0.2, 0.25) is 6.36 Å². The summed E-state index contributed by atoms with van der Waals surface area (Å²) in [7, 11) is 0. The molecule has 10 heteroatoms. The van der Waals surface area contributed by atoms with Crippen LogP contribution < -0.4 is 0 Å². The number of carbonyl (C=O) groups is 4. The normalized spacial score (nSPS) is 19.7. The van der Waals surface area contributed by atoms with Gasteiger partial charge in [-0.25, -0.2) is 4.39 Å². The summed E-state index contributed by atoms with van der Waals surface area (Å²) in [5.41, 5.74) is 6.59. The number of halogens is 1. The molecule has 4 aromatic rings. The molecule has 0 aromatic heterocycles. The van der Waals surface area contributed by atoms with E-state index in [1.165, 1.54) is 0 Å². The van der Waals surface area contributed by atoms with Crippen molar-refractivity contribution in [1.82, 2.24) is 0 Å². The molecule has 52 heavy (non-hydrogen) atoms. The number of hydrogen-bond donors (Lipinski definition) is 0. The van der Waals surface area contributed by atoms with Gasteiger partial charge in [0.15, 0.2) is 18.3 Å². The van der Waals surface area contributed by atoms with Gasteiger partial charge in [0.1, 0.15) is 12.7 Å². The van der Waals surface area contributed by atoms with Crippen molar-refractivity contribution in [3.8, 4) is 0 Å². The zero-order valence-electron chi connectivity index (χ0n) is 29.7. The molecule has 0 aliphatic carbocycles. The Morgan fingerprint density at radius 3 is 1.15 bits per heavy atom. The molecule has 0 N–H and O–H groups in total. The Balaban J connectivity index is 1.41. The lowest BCUT2D eigenvalue weighted by molar-refractivity contribution is -0.278. The lowest BCUT2D eigenvalue weighted by atomic mass is 9.98. The molecule has 5 atom stereocenters. The zero-order chi connectivity index (χ0) is 37.2. The first kappa shape index (κ1) is 37.9. The predicted octanol–water partition coefficient (Wildman–Crippen LogP) is 6.16. The van der Waals surface area contributed by atoms with Crippen molar-refractivity contribution in [2.45, 2.75) is 84.2 Å². The molecule has 272 valence electrons. The number of ether oxygens (including phenoxy) is 5. The first-order chi connectivity index (χ1) is 24.9. The number of rotatable bonds is 13. The SMILES string of the molecule is Cc1ccc(CC(=O)OC[C@H]2O[C@H](F)[C@H](OC(=O)Cc3ccc(C)cc3)[C@@H](OC(=O)Cc3ccc(C)cc3)[C@H]2OC(=O)Cc2ccc(C)cc2)cc1. The van der Waals surface area contributed by atoms with Crippen LogP contribution >= 0.6 is 0 Å². The van der Waals surface area contributed by atoms with Crippen molar-refractivity contribution in [3.63, 3.8) is 0 Å². The number of aryl methyl sites for hydroxylation is 4. The van der Waals surface area contributed by atoms with Crippen molar-refractivity contribution >= 4 is 23.9 Å². The third-order valence-electron chi connectivity index (χ3n) is 8.66. The van der Waals surface area contributed by atoms with Crippen LogP contribution in [0.1, 0.15) is 44.5 Å². The lowest BCUT2D eigenvalue weighted by Crippen LogP contribution is -2.61. The maximum absolute atomic E-state index is 16.1. The molecule has 0 spiro atoms. The second-order valence-electron chi connectivity index (χ2n) is 13.2. The van der Waals surface area contributed by atoms with Crippen LogP contribution in [0.25, 0.3) is 0 Å². The highest BCUT2D eigenvalue weighted by Gasteiger charge is 2.53. The fourth-order valence-corrected chi connectivity index (χ4v) is 5.70. The summed E-state index contributed by atoms with van der Waals surface area (Å²) < 4.78 is 44.5. The third kappa shape index (κ3) is 11.1. The van der Waals surface area contributed by atoms with Gasteiger partial charge in [0.05, 0.1) is 25.7 Å². The predicted molar refractivity (Wildman–Crippen MR) is 190 cm³/mol. The molecule has 0 bridgehead atoms. The standard InChI is InChI=1S/C42H43FO9/c1-26-5-13-30(14-6-26)21-35(44)48-25-34-39(50-36(45)22-31-15-7-27(2)8-16-31)40(51-37(46)23-32-17-9-28(3)10-18-32)41(42(43)49-34)52-38(47)24-33-19-11-29(4)12-20-33/h5-20,34,39-42H,21-25H2,1-4H3/t34-,39+,40+,41-,42+/m1/s1. The van der Waals surface area contributed by atoms with Crippen LogP contribution in [0.3, 0.4) is 0 Å². The molecule has 1 aliphatic heterocycles. The van der Waals surface area contributed by atoms with Gasteiger partial charge in [-0.2, -0.15) is 0 Å². The lowest BCUT2D eigenvalue weighted by Gasteiger charge is -2.42. The molecular formula is C42H43FO9. The van der Waals surface area contributed by atoms with E-state index in [0.29, 0.717) is 22.3 Å². The fraction of sp³-hybridized carbons (Fsp3) is 0.333. The second-order valence-corrected chi connectivity index (χ2v) is 13.2. The van der Waals surface area contributed by atoms with E-state index >= 15 is 4.39 Å².